The first-order valence-electron chi connectivity index (χ1n) is 18.6. The number of aromatic hydroxyl groups is 1. The molecule has 0 aliphatic rings. The molecular weight excluding hydrogens is 606 g/mol. The van der Waals surface area contributed by atoms with Crippen LogP contribution in [0.2, 0.25) is 0 Å². The van der Waals surface area contributed by atoms with Crippen molar-refractivity contribution in [2.24, 2.45) is 4.99 Å². The summed E-state index contributed by atoms with van der Waals surface area (Å²) in [6, 6.07) is 32.2. The topological polar surface area (TPSA) is 71.3 Å². The van der Waals surface area contributed by atoms with Crippen molar-refractivity contribution in [3.05, 3.63) is 125 Å². The van der Waals surface area contributed by atoms with Gasteiger partial charge in [0.15, 0.2) is 0 Å². The fourth-order valence-electron chi connectivity index (χ4n) is 6.36. The lowest BCUT2D eigenvalue weighted by atomic mass is 9.77. The number of rotatable bonds is 23. The van der Waals surface area contributed by atoms with Crippen molar-refractivity contribution in [1.82, 2.24) is 0 Å². The van der Waals surface area contributed by atoms with Crippen LogP contribution in [0.5, 0.6) is 17.2 Å². The van der Waals surface area contributed by atoms with E-state index in [0.29, 0.717) is 47.8 Å². The maximum atomic E-state index is 13.4. The van der Waals surface area contributed by atoms with E-state index in [1.807, 2.05) is 78.9 Å². The number of aliphatic imine (C=N–C) groups is 1. The van der Waals surface area contributed by atoms with Gasteiger partial charge in [0.05, 0.1) is 19.3 Å². The van der Waals surface area contributed by atoms with E-state index < -0.39 is 11.6 Å². The fraction of sp³-hybridized carbons (Fsp3) is 0.432. The molecule has 0 heterocycles. The number of aliphatic hydroxyl groups is 1. The van der Waals surface area contributed by atoms with E-state index in [0.717, 1.165) is 31.2 Å². The minimum absolute atomic E-state index is 0.138. The van der Waals surface area contributed by atoms with Crippen LogP contribution in [0.15, 0.2) is 108 Å². The molecule has 0 aliphatic carbocycles. The van der Waals surface area contributed by atoms with Crippen molar-refractivity contribution in [3.8, 4) is 17.2 Å². The van der Waals surface area contributed by atoms with E-state index in [9.17, 15) is 10.2 Å². The minimum atomic E-state index is -1.63. The van der Waals surface area contributed by atoms with Crippen LogP contribution in [0.25, 0.3) is 0 Å². The highest BCUT2D eigenvalue weighted by Crippen LogP contribution is 2.44. The predicted octanol–water partition coefficient (Wildman–Crippen LogP) is 10.8. The highest BCUT2D eigenvalue weighted by Gasteiger charge is 2.44. The van der Waals surface area contributed by atoms with Gasteiger partial charge < -0.3 is 19.7 Å². The highest BCUT2D eigenvalue weighted by atomic mass is 16.5. The van der Waals surface area contributed by atoms with E-state index in [1.54, 1.807) is 18.3 Å². The average molecular weight is 664 g/mol. The van der Waals surface area contributed by atoms with E-state index in [4.69, 9.17) is 14.5 Å². The standard InChI is InChI=1S/C44H57NO4/c1-3-5-7-9-11-22-32-48-41-30-20-17-27-38(41)44(47,39-28-18-21-31-42(39)49-33-23-12-10-8-6-4-2)43(34-36-24-14-13-15-25-36)45-35-37-26-16-19-29-40(37)46/h13-21,24-31,35,43,46-47H,3-12,22-23,32-34H2,1-2H3/t43-/m1/s1. The molecule has 2 N–H and O–H groups in total. The van der Waals surface area contributed by atoms with Gasteiger partial charge in [-0.15, -0.1) is 0 Å². The molecule has 0 unspecified atom stereocenters. The Morgan fingerprint density at radius 3 is 1.61 bits per heavy atom. The molecule has 4 aromatic carbocycles. The fourth-order valence-corrected chi connectivity index (χ4v) is 6.36. The van der Waals surface area contributed by atoms with Gasteiger partial charge in [-0.25, -0.2) is 0 Å². The van der Waals surface area contributed by atoms with E-state index in [1.165, 1.54) is 51.4 Å². The van der Waals surface area contributed by atoms with Gasteiger partial charge in [0.1, 0.15) is 22.8 Å². The second kappa shape index (κ2) is 21.1. The number of phenolic OH excluding ortho intramolecular Hbond substituents is 1. The molecule has 0 saturated carbocycles. The SMILES string of the molecule is CCCCCCCCOc1ccccc1C(O)(c1ccccc1OCCCCCCCC)[C@@H](Cc1ccccc1)N=Cc1ccccc1O. The molecule has 0 amide bonds. The molecule has 0 saturated heterocycles. The smallest absolute Gasteiger partial charge is 0.144 e. The van der Waals surface area contributed by atoms with Crippen molar-refractivity contribution < 1.29 is 19.7 Å². The van der Waals surface area contributed by atoms with Crippen LogP contribution in [0.3, 0.4) is 0 Å². The first kappa shape index (κ1) is 37.7. The number of para-hydroxylation sites is 3. The first-order valence-corrected chi connectivity index (χ1v) is 18.6. The quantitative estimate of drug-likeness (QED) is 0.0612. The molecule has 0 bridgehead atoms. The number of unbranched alkanes of at least 4 members (excludes halogenated alkanes) is 10. The van der Waals surface area contributed by atoms with Crippen molar-refractivity contribution in [2.75, 3.05) is 13.2 Å². The number of ether oxygens (including phenoxy) is 2. The van der Waals surface area contributed by atoms with Gasteiger partial charge in [-0.2, -0.15) is 0 Å². The molecule has 1 atom stereocenters. The van der Waals surface area contributed by atoms with E-state index >= 15 is 0 Å². The summed E-state index contributed by atoms with van der Waals surface area (Å²) in [7, 11) is 0. The summed E-state index contributed by atoms with van der Waals surface area (Å²) in [5.74, 6) is 1.42. The largest absolute Gasteiger partial charge is 0.507 e. The highest BCUT2D eigenvalue weighted by molar-refractivity contribution is 5.83. The maximum absolute atomic E-state index is 13.4. The van der Waals surface area contributed by atoms with Crippen LogP contribution in [0.4, 0.5) is 0 Å². The van der Waals surface area contributed by atoms with Gasteiger partial charge in [-0.1, -0.05) is 157 Å². The van der Waals surface area contributed by atoms with Gasteiger partial charge in [0, 0.05) is 22.9 Å². The van der Waals surface area contributed by atoms with Gasteiger partial charge in [0.2, 0.25) is 0 Å². The molecule has 262 valence electrons. The molecule has 0 radical (unpaired) electrons. The zero-order chi connectivity index (χ0) is 34.6. The molecule has 4 aromatic rings. The minimum Gasteiger partial charge on any atom is -0.507 e. The van der Waals surface area contributed by atoms with Crippen LogP contribution in [0.1, 0.15) is 113 Å². The summed E-state index contributed by atoms with van der Waals surface area (Å²) < 4.78 is 13.0. The summed E-state index contributed by atoms with van der Waals surface area (Å²) in [5.41, 5.74) is 1.28. The Kier molecular flexibility index (Phi) is 16.2. The number of hydrogen-bond donors (Lipinski definition) is 2. The summed E-state index contributed by atoms with van der Waals surface area (Å²) in [4.78, 5) is 5.09. The van der Waals surface area contributed by atoms with Crippen molar-refractivity contribution in [1.29, 1.82) is 0 Å². The van der Waals surface area contributed by atoms with Crippen molar-refractivity contribution in [3.63, 3.8) is 0 Å². The Bertz CT molecular complexity index is 1460. The zero-order valence-electron chi connectivity index (χ0n) is 29.7. The first-order chi connectivity index (χ1) is 24.1. The number of hydrogen-bond acceptors (Lipinski definition) is 5. The van der Waals surface area contributed by atoms with E-state index in [2.05, 4.69) is 26.0 Å². The number of benzene rings is 4. The molecule has 49 heavy (non-hydrogen) atoms. The lowest BCUT2D eigenvalue weighted by Gasteiger charge is -2.37. The van der Waals surface area contributed by atoms with Crippen molar-refractivity contribution >= 4 is 6.21 Å². The Morgan fingerprint density at radius 1 is 0.592 bits per heavy atom. The number of nitrogens with zero attached hydrogens (tertiary/aromatic N) is 1. The molecule has 0 spiro atoms. The third-order valence-electron chi connectivity index (χ3n) is 9.19. The Balaban J connectivity index is 1.75. The summed E-state index contributed by atoms with van der Waals surface area (Å²) in [6.07, 6.45) is 16.1. The molecule has 5 nitrogen and oxygen atoms in total. The second-order valence-corrected chi connectivity index (χ2v) is 13.0. The molecule has 0 fully saturated rings. The van der Waals surface area contributed by atoms with Crippen LogP contribution in [0, 0.1) is 0 Å². The zero-order valence-corrected chi connectivity index (χ0v) is 29.7. The lowest BCUT2D eigenvalue weighted by molar-refractivity contribution is 0.0463. The second-order valence-electron chi connectivity index (χ2n) is 13.0. The third kappa shape index (κ3) is 11.5. The maximum Gasteiger partial charge on any atom is 0.144 e. The van der Waals surface area contributed by atoms with Gasteiger partial charge in [-0.3, -0.25) is 4.99 Å². The normalized spacial score (nSPS) is 12.3. The van der Waals surface area contributed by atoms with Crippen LogP contribution in [-0.2, 0) is 12.0 Å². The Labute approximate surface area is 295 Å². The molecule has 0 aromatic heterocycles. The summed E-state index contributed by atoms with van der Waals surface area (Å²) in [5, 5.41) is 24.1. The third-order valence-corrected chi connectivity index (χ3v) is 9.19. The van der Waals surface area contributed by atoms with Gasteiger partial charge in [0.25, 0.3) is 0 Å². The van der Waals surface area contributed by atoms with Crippen molar-refractivity contribution in [2.45, 2.75) is 109 Å². The molecule has 4 rings (SSSR count). The average Bonchev–Trinajstić information content (AvgIpc) is 3.13. The van der Waals surface area contributed by atoms with Crippen LogP contribution < -0.4 is 9.47 Å². The van der Waals surface area contributed by atoms with Crippen LogP contribution >= 0.6 is 0 Å². The summed E-state index contributed by atoms with van der Waals surface area (Å²) >= 11 is 0. The van der Waals surface area contributed by atoms with E-state index in [-0.39, 0.29) is 5.75 Å². The summed E-state index contributed by atoms with van der Waals surface area (Å²) in [6.45, 7) is 5.60. The van der Waals surface area contributed by atoms with Gasteiger partial charge >= 0.3 is 0 Å². The monoisotopic (exact) mass is 663 g/mol. The molecular formula is C44H57NO4. The van der Waals surface area contributed by atoms with Crippen LogP contribution in [-0.4, -0.2) is 35.7 Å². The molecule has 0 aliphatic heterocycles. The Morgan fingerprint density at radius 2 is 1.06 bits per heavy atom. The Hall–Kier alpha value is -4.09. The van der Waals surface area contributed by atoms with Gasteiger partial charge in [-0.05, 0) is 49.1 Å². The molecule has 5 heteroatoms. The number of phenols is 1. The lowest BCUT2D eigenvalue weighted by Crippen LogP contribution is -2.42. The predicted molar refractivity (Wildman–Crippen MR) is 203 cm³/mol.